The minimum absolute atomic E-state index is 0.0550. The topological polar surface area (TPSA) is 106 Å². The zero-order chi connectivity index (χ0) is 25.1. The number of piperazine rings is 1. The van der Waals surface area contributed by atoms with Crippen molar-refractivity contribution in [3.8, 4) is 0 Å². The van der Waals surface area contributed by atoms with E-state index in [1.54, 1.807) is 6.33 Å². The van der Waals surface area contributed by atoms with Gasteiger partial charge in [-0.2, -0.15) is 0 Å². The van der Waals surface area contributed by atoms with E-state index in [0.29, 0.717) is 25.9 Å². The van der Waals surface area contributed by atoms with Gasteiger partial charge in [-0.15, -0.1) is 0 Å². The molecule has 1 atom stereocenters. The highest BCUT2D eigenvalue weighted by Gasteiger charge is 2.39. The molecule has 0 bridgehead atoms. The average Bonchev–Trinajstić information content (AvgIpc) is 3.38. The van der Waals surface area contributed by atoms with Gasteiger partial charge in [-0.25, -0.2) is 9.97 Å². The minimum atomic E-state index is -0.891. The van der Waals surface area contributed by atoms with Crippen molar-refractivity contribution in [1.29, 1.82) is 0 Å². The van der Waals surface area contributed by atoms with Crippen LogP contribution in [0.1, 0.15) is 36.4 Å². The third-order valence-electron chi connectivity index (χ3n) is 7.86. The number of aromatic nitrogens is 3. The van der Waals surface area contributed by atoms with Crippen LogP contribution >= 0.6 is 0 Å². The van der Waals surface area contributed by atoms with Crippen molar-refractivity contribution in [1.82, 2.24) is 30.1 Å². The number of carbonyl (C=O) groups excluding carboxylic acids is 1. The minimum Gasteiger partial charge on any atom is -0.356 e. The molecule has 2 fully saturated rings. The van der Waals surface area contributed by atoms with Crippen molar-refractivity contribution in [3.63, 3.8) is 0 Å². The predicted octanol–water partition coefficient (Wildman–Crippen LogP) is 2.06. The van der Waals surface area contributed by atoms with Crippen LogP contribution < -0.4 is 16.0 Å². The summed E-state index contributed by atoms with van der Waals surface area (Å²) >= 11 is 0. The Morgan fingerprint density at radius 1 is 1.08 bits per heavy atom. The van der Waals surface area contributed by atoms with Gasteiger partial charge in [0, 0.05) is 52.0 Å². The Morgan fingerprint density at radius 3 is 2.53 bits per heavy atom. The van der Waals surface area contributed by atoms with Gasteiger partial charge in [-0.1, -0.05) is 29.8 Å². The van der Waals surface area contributed by atoms with Crippen molar-refractivity contribution in [2.24, 2.45) is 5.73 Å². The number of hydrogen-bond acceptors (Lipinski definition) is 7. The van der Waals surface area contributed by atoms with Crippen molar-refractivity contribution < 1.29 is 4.79 Å². The molecule has 192 valence electrons. The number of nitrogens with zero attached hydrogens (tertiary/aromatic N) is 5. The second-order valence-electron chi connectivity index (χ2n) is 10.5. The van der Waals surface area contributed by atoms with Crippen molar-refractivity contribution in [2.75, 3.05) is 57.8 Å². The number of anilines is 1. The van der Waals surface area contributed by atoms with Crippen LogP contribution in [0.2, 0.25) is 0 Å². The maximum Gasteiger partial charge on any atom is 0.240 e. The number of hydrogen-bond donors (Lipinski definition) is 3. The molecule has 2 aliphatic rings. The van der Waals surface area contributed by atoms with Gasteiger partial charge in [0.2, 0.25) is 5.91 Å². The largest absolute Gasteiger partial charge is 0.356 e. The molecule has 0 spiro atoms. The van der Waals surface area contributed by atoms with Gasteiger partial charge >= 0.3 is 0 Å². The quantitative estimate of drug-likeness (QED) is 0.465. The summed E-state index contributed by atoms with van der Waals surface area (Å²) in [6.45, 7) is 8.71. The van der Waals surface area contributed by atoms with Crippen LogP contribution in [0.3, 0.4) is 0 Å². The molecule has 0 unspecified atom stereocenters. The monoisotopic (exact) mass is 490 g/mol. The Kier molecular flexibility index (Phi) is 7.22. The SMILES string of the molecule is Cc1ccc([C@H](CCN2CCN(C)CC2)NC(=O)C2(N)CCN(c3ncnc4[nH]ccc34)CC2)cc1. The summed E-state index contributed by atoms with van der Waals surface area (Å²) in [7, 11) is 2.17. The second kappa shape index (κ2) is 10.5. The molecule has 0 saturated carbocycles. The maximum absolute atomic E-state index is 13.6. The molecule has 1 amide bonds. The van der Waals surface area contributed by atoms with E-state index in [0.717, 1.165) is 61.6 Å². The molecule has 2 aromatic heterocycles. The summed E-state index contributed by atoms with van der Waals surface area (Å²) < 4.78 is 0. The molecule has 1 aromatic carbocycles. The highest BCUT2D eigenvalue weighted by atomic mass is 16.2. The Balaban J connectivity index is 1.24. The summed E-state index contributed by atoms with van der Waals surface area (Å²) in [5.41, 5.74) is 9.03. The zero-order valence-corrected chi connectivity index (χ0v) is 21.4. The zero-order valence-electron chi connectivity index (χ0n) is 21.4. The maximum atomic E-state index is 13.6. The van der Waals surface area contributed by atoms with E-state index in [9.17, 15) is 4.79 Å². The first kappa shape index (κ1) is 24.7. The third kappa shape index (κ3) is 5.38. The van der Waals surface area contributed by atoms with Crippen LogP contribution in [0.25, 0.3) is 11.0 Å². The van der Waals surface area contributed by atoms with E-state index in [2.05, 4.69) is 73.2 Å². The number of likely N-dealkylation sites (N-methyl/N-ethyl adjacent to an activating group) is 1. The van der Waals surface area contributed by atoms with Gasteiger partial charge in [0.1, 0.15) is 17.8 Å². The number of nitrogens with one attached hydrogen (secondary N) is 2. The number of nitrogens with two attached hydrogens (primary N) is 1. The number of H-pyrrole nitrogens is 1. The van der Waals surface area contributed by atoms with Gasteiger partial charge < -0.3 is 30.7 Å². The molecule has 3 aromatic rings. The van der Waals surface area contributed by atoms with E-state index in [1.165, 1.54) is 5.56 Å². The van der Waals surface area contributed by atoms with E-state index >= 15 is 0 Å². The molecule has 36 heavy (non-hydrogen) atoms. The van der Waals surface area contributed by atoms with E-state index in [4.69, 9.17) is 5.73 Å². The Morgan fingerprint density at radius 2 is 1.81 bits per heavy atom. The van der Waals surface area contributed by atoms with Crippen LogP contribution in [0.15, 0.2) is 42.9 Å². The molecule has 4 heterocycles. The van der Waals surface area contributed by atoms with E-state index in [1.807, 2.05) is 12.3 Å². The number of rotatable bonds is 7. The molecule has 0 radical (unpaired) electrons. The van der Waals surface area contributed by atoms with Gasteiger partial charge in [-0.3, -0.25) is 4.79 Å². The van der Waals surface area contributed by atoms with Crippen LogP contribution in [-0.4, -0.2) is 89.1 Å². The third-order valence-corrected chi connectivity index (χ3v) is 7.86. The summed E-state index contributed by atoms with van der Waals surface area (Å²) in [6, 6.07) is 10.4. The molecule has 4 N–H and O–H groups in total. The normalized spacial score (nSPS) is 19.9. The van der Waals surface area contributed by atoms with Crippen LogP contribution in [0.4, 0.5) is 5.82 Å². The fourth-order valence-corrected chi connectivity index (χ4v) is 5.26. The molecular weight excluding hydrogens is 452 g/mol. The smallest absolute Gasteiger partial charge is 0.240 e. The summed E-state index contributed by atoms with van der Waals surface area (Å²) in [4.78, 5) is 32.6. The lowest BCUT2D eigenvalue weighted by atomic mass is 9.86. The number of aromatic amines is 1. The lowest BCUT2D eigenvalue weighted by Gasteiger charge is -2.39. The van der Waals surface area contributed by atoms with Gasteiger partial charge in [0.15, 0.2) is 0 Å². The van der Waals surface area contributed by atoms with Crippen molar-refractivity contribution in [3.05, 3.63) is 54.0 Å². The van der Waals surface area contributed by atoms with Crippen molar-refractivity contribution in [2.45, 2.75) is 37.8 Å². The lowest BCUT2D eigenvalue weighted by molar-refractivity contribution is -0.128. The Hall–Kier alpha value is -3.01. The molecule has 5 rings (SSSR count). The number of carbonyl (C=O) groups is 1. The Bertz CT molecular complexity index is 1160. The second-order valence-corrected chi connectivity index (χ2v) is 10.5. The molecule has 9 heteroatoms. The molecule has 9 nitrogen and oxygen atoms in total. The first-order valence-electron chi connectivity index (χ1n) is 13.0. The summed E-state index contributed by atoms with van der Waals surface area (Å²) in [6.07, 6.45) is 5.48. The van der Waals surface area contributed by atoms with Crippen LogP contribution in [-0.2, 0) is 4.79 Å². The number of piperidine rings is 1. The first-order chi connectivity index (χ1) is 17.4. The fraction of sp³-hybridized carbons (Fsp3) is 0.519. The molecule has 2 aliphatic heterocycles. The van der Waals surface area contributed by atoms with Gasteiger partial charge in [0.05, 0.1) is 17.0 Å². The number of amides is 1. The fourth-order valence-electron chi connectivity index (χ4n) is 5.26. The molecule has 2 saturated heterocycles. The molecule has 0 aliphatic carbocycles. The standard InChI is InChI=1S/C27H38N8O/c1-20-3-5-21(6-4-20)23(8-12-34-17-15-33(2)16-18-34)32-26(36)27(28)9-13-35(14-10-27)25-22-7-11-29-24(22)30-19-31-25/h3-7,11,19,23H,8-10,12-18,28H2,1-2H3,(H,32,36)(H,29,30,31)/t23-/m0/s1. The number of benzene rings is 1. The number of fused-ring (bicyclic) bond motifs is 1. The van der Waals surface area contributed by atoms with Gasteiger partial charge in [-0.05, 0) is 44.9 Å². The predicted molar refractivity (Wildman–Crippen MR) is 143 cm³/mol. The first-order valence-corrected chi connectivity index (χ1v) is 13.0. The lowest BCUT2D eigenvalue weighted by Crippen LogP contribution is -2.60. The number of aryl methyl sites for hydroxylation is 1. The molecular formula is C27H38N8O. The van der Waals surface area contributed by atoms with Crippen molar-refractivity contribution >= 4 is 22.8 Å². The summed E-state index contributed by atoms with van der Waals surface area (Å²) in [5.74, 6) is 0.842. The van der Waals surface area contributed by atoms with Crippen LogP contribution in [0, 0.1) is 6.92 Å². The van der Waals surface area contributed by atoms with Crippen LogP contribution in [0.5, 0.6) is 0 Å². The highest BCUT2D eigenvalue weighted by Crippen LogP contribution is 2.29. The van der Waals surface area contributed by atoms with E-state index in [-0.39, 0.29) is 11.9 Å². The average molecular weight is 491 g/mol. The Labute approximate surface area is 213 Å². The van der Waals surface area contributed by atoms with E-state index < -0.39 is 5.54 Å². The highest BCUT2D eigenvalue weighted by molar-refractivity contribution is 5.89. The van der Waals surface area contributed by atoms with Gasteiger partial charge in [0.25, 0.3) is 0 Å². The summed E-state index contributed by atoms with van der Waals surface area (Å²) in [5, 5.41) is 4.34.